The van der Waals surface area contributed by atoms with Crippen molar-refractivity contribution in [1.82, 2.24) is 0 Å². The molecule has 0 heterocycles. The Bertz CT molecular complexity index is 868. The minimum absolute atomic E-state index is 0.246. The zero-order chi connectivity index (χ0) is 16.9. The summed E-state index contributed by atoms with van der Waals surface area (Å²) in [6.45, 7) is 0. The molecule has 1 radical (unpaired) electrons. The molecule has 4 aromatic carbocycles. The first-order valence-corrected chi connectivity index (χ1v) is 8.59. The van der Waals surface area contributed by atoms with Crippen LogP contribution in [0.1, 0.15) is 22.6 Å². The summed E-state index contributed by atoms with van der Waals surface area (Å²) in [5.74, 6) is 0.246. The Kier molecular flexibility index (Phi) is 4.43. The predicted octanol–water partition coefficient (Wildman–Crippen LogP) is 6.33. The maximum Gasteiger partial charge on any atom is 0.0339 e. The molecule has 0 aliphatic rings. The van der Waals surface area contributed by atoms with Crippen molar-refractivity contribution in [1.29, 1.82) is 0 Å². The van der Waals surface area contributed by atoms with E-state index < -0.39 is 0 Å². The number of benzene rings is 4. The van der Waals surface area contributed by atoms with Gasteiger partial charge in [-0.05, 0) is 33.9 Å². The van der Waals surface area contributed by atoms with E-state index in [1.165, 1.54) is 22.3 Å². The third kappa shape index (κ3) is 3.39. The van der Waals surface area contributed by atoms with Gasteiger partial charge in [-0.2, -0.15) is 0 Å². The Morgan fingerprint density at radius 3 is 1.52 bits per heavy atom. The molecule has 0 fully saturated rings. The summed E-state index contributed by atoms with van der Waals surface area (Å²) in [4.78, 5) is 0. The molecule has 0 nitrogen and oxygen atoms in total. The molecular weight excluding hydrogens is 300 g/mol. The lowest BCUT2D eigenvalue weighted by Gasteiger charge is -2.19. The summed E-state index contributed by atoms with van der Waals surface area (Å²) < 4.78 is 0. The van der Waals surface area contributed by atoms with E-state index in [1.807, 2.05) is 12.1 Å². The predicted molar refractivity (Wildman–Crippen MR) is 105 cm³/mol. The van der Waals surface area contributed by atoms with Crippen LogP contribution in [0.25, 0.3) is 11.1 Å². The van der Waals surface area contributed by atoms with Gasteiger partial charge in [-0.3, -0.25) is 0 Å². The Labute approximate surface area is 149 Å². The summed E-state index contributed by atoms with van der Waals surface area (Å²) in [5.41, 5.74) is 6.26. The van der Waals surface area contributed by atoms with Crippen molar-refractivity contribution in [2.24, 2.45) is 0 Å². The summed E-state index contributed by atoms with van der Waals surface area (Å²) in [6.07, 6.45) is 0. The van der Waals surface area contributed by atoms with E-state index >= 15 is 0 Å². The normalized spacial score (nSPS) is 10.8. The first kappa shape index (κ1) is 15.4. The second-order valence-electron chi connectivity index (χ2n) is 6.15. The van der Waals surface area contributed by atoms with E-state index in [0.29, 0.717) is 0 Å². The van der Waals surface area contributed by atoms with E-state index in [-0.39, 0.29) is 5.92 Å². The summed E-state index contributed by atoms with van der Waals surface area (Å²) in [7, 11) is 0. The van der Waals surface area contributed by atoms with Gasteiger partial charge >= 0.3 is 0 Å². The Morgan fingerprint density at radius 2 is 1.00 bits per heavy atom. The number of hydrogen-bond donors (Lipinski definition) is 0. The quantitative estimate of drug-likeness (QED) is 0.385. The van der Waals surface area contributed by atoms with Crippen LogP contribution in [0.3, 0.4) is 0 Å². The van der Waals surface area contributed by atoms with Crippen LogP contribution in [0, 0.1) is 6.07 Å². The molecule has 0 amide bonds. The smallest absolute Gasteiger partial charge is 0.0339 e. The molecule has 0 N–H and O–H groups in total. The Hall–Kier alpha value is -3.12. The zero-order valence-corrected chi connectivity index (χ0v) is 14.0. The molecule has 0 saturated heterocycles. The monoisotopic (exact) mass is 319 g/mol. The third-order valence-corrected chi connectivity index (χ3v) is 4.53. The molecule has 0 spiro atoms. The van der Waals surface area contributed by atoms with Gasteiger partial charge in [0.05, 0.1) is 0 Å². The van der Waals surface area contributed by atoms with Crippen molar-refractivity contribution in [3.63, 3.8) is 0 Å². The molecule has 0 aliphatic carbocycles. The lowest BCUT2D eigenvalue weighted by atomic mass is 9.84. The fourth-order valence-electron chi connectivity index (χ4n) is 3.30. The summed E-state index contributed by atoms with van der Waals surface area (Å²) in [6, 6.07) is 41.7. The lowest BCUT2D eigenvalue weighted by Crippen LogP contribution is -2.03. The molecule has 119 valence electrons. The van der Waals surface area contributed by atoms with Gasteiger partial charge in [-0.1, -0.05) is 109 Å². The van der Waals surface area contributed by atoms with Crippen molar-refractivity contribution in [3.8, 4) is 11.1 Å². The van der Waals surface area contributed by atoms with E-state index in [9.17, 15) is 0 Å². The van der Waals surface area contributed by atoms with Crippen LogP contribution in [0.15, 0.2) is 109 Å². The maximum absolute atomic E-state index is 3.30. The molecule has 0 saturated carbocycles. The van der Waals surface area contributed by atoms with Gasteiger partial charge in [0.25, 0.3) is 0 Å². The highest BCUT2D eigenvalue weighted by Gasteiger charge is 2.16. The summed E-state index contributed by atoms with van der Waals surface area (Å²) in [5, 5.41) is 0. The maximum atomic E-state index is 3.30. The van der Waals surface area contributed by atoms with E-state index in [2.05, 4.69) is 103 Å². The van der Waals surface area contributed by atoms with Gasteiger partial charge < -0.3 is 0 Å². The molecule has 0 aromatic heterocycles. The van der Waals surface area contributed by atoms with Crippen LogP contribution in [-0.4, -0.2) is 0 Å². The van der Waals surface area contributed by atoms with Gasteiger partial charge in [0.1, 0.15) is 0 Å². The van der Waals surface area contributed by atoms with Crippen LogP contribution < -0.4 is 0 Å². The van der Waals surface area contributed by atoms with Crippen LogP contribution in [0.5, 0.6) is 0 Å². The topological polar surface area (TPSA) is 0 Å². The minimum atomic E-state index is 0.246. The fourth-order valence-corrected chi connectivity index (χ4v) is 3.30. The van der Waals surface area contributed by atoms with Crippen molar-refractivity contribution < 1.29 is 0 Å². The second-order valence-corrected chi connectivity index (χ2v) is 6.15. The van der Waals surface area contributed by atoms with Crippen LogP contribution >= 0.6 is 0 Å². The van der Waals surface area contributed by atoms with Crippen molar-refractivity contribution in [3.05, 3.63) is 132 Å². The number of rotatable bonds is 4. The molecule has 4 aromatic rings. The molecular formula is C25H19. The molecule has 0 unspecified atom stereocenters. The first-order valence-electron chi connectivity index (χ1n) is 8.59. The van der Waals surface area contributed by atoms with Crippen LogP contribution in [-0.2, 0) is 0 Å². The molecule has 0 atom stereocenters. The average Bonchev–Trinajstić information content (AvgIpc) is 2.71. The van der Waals surface area contributed by atoms with Crippen LogP contribution in [0.4, 0.5) is 0 Å². The van der Waals surface area contributed by atoms with Gasteiger partial charge in [0, 0.05) is 5.92 Å². The standard InChI is InChI=1S/C25H19/c1-4-10-20(11-5-1)21-16-18-24(19-17-21)25(22-12-6-2-7-13-22)23-14-8-3-9-15-23/h1-10,12-19,25H. The van der Waals surface area contributed by atoms with Crippen molar-refractivity contribution in [2.45, 2.75) is 5.92 Å². The Balaban J connectivity index is 1.75. The van der Waals surface area contributed by atoms with Gasteiger partial charge in [0.15, 0.2) is 0 Å². The molecule has 0 aliphatic heterocycles. The SMILES string of the molecule is [c]1ccccc1-c1ccc(C(c2ccccc2)c2ccccc2)cc1. The zero-order valence-electron chi connectivity index (χ0n) is 14.0. The van der Waals surface area contributed by atoms with E-state index in [4.69, 9.17) is 0 Å². The number of hydrogen-bond acceptors (Lipinski definition) is 0. The average molecular weight is 319 g/mol. The van der Waals surface area contributed by atoms with Crippen molar-refractivity contribution >= 4 is 0 Å². The van der Waals surface area contributed by atoms with Crippen molar-refractivity contribution in [2.75, 3.05) is 0 Å². The molecule has 4 rings (SSSR count). The highest BCUT2D eigenvalue weighted by molar-refractivity contribution is 5.63. The fraction of sp³-hybridized carbons (Fsp3) is 0.0400. The van der Waals surface area contributed by atoms with Gasteiger partial charge in [0.2, 0.25) is 0 Å². The van der Waals surface area contributed by atoms with E-state index in [1.54, 1.807) is 0 Å². The van der Waals surface area contributed by atoms with E-state index in [0.717, 1.165) is 5.56 Å². The molecule has 25 heavy (non-hydrogen) atoms. The highest BCUT2D eigenvalue weighted by atomic mass is 14.2. The largest absolute Gasteiger partial charge is 0.0622 e. The van der Waals surface area contributed by atoms with Gasteiger partial charge in [-0.15, -0.1) is 0 Å². The summed E-state index contributed by atoms with van der Waals surface area (Å²) >= 11 is 0. The molecule has 0 heteroatoms. The molecule has 0 bridgehead atoms. The Morgan fingerprint density at radius 1 is 0.480 bits per heavy atom. The third-order valence-electron chi connectivity index (χ3n) is 4.53. The lowest BCUT2D eigenvalue weighted by molar-refractivity contribution is 0.978. The minimum Gasteiger partial charge on any atom is -0.0622 e. The van der Waals surface area contributed by atoms with Crippen LogP contribution in [0.2, 0.25) is 0 Å². The first-order chi connectivity index (χ1) is 12.4. The van der Waals surface area contributed by atoms with Gasteiger partial charge in [-0.25, -0.2) is 0 Å². The highest BCUT2D eigenvalue weighted by Crippen LogP contribution is 2.32. The second kappa shape index (κ2) is 7.19.